The van der Waals surface area contributed by atoms with Gasteiger partial charge in [-0.05, 0) is 43.3 Å². The van der Waals surface area contributed by atoms with Crippen LogP contribution >= 0.6 is 15.9 Å². The van der Waals surface area contributed by atoms with E-state index in [4.69, 9.17) is 11.0 Å². The number of anilines is 1. The Kier molecular flexibility index (Phi) is 6.47. The molecule has 1 aromatic carbocycles. The summed E-state index contributed by atoms with van der Waals surface area (Å²) in [6.45, 7) is 1.24. The van der Waals surface area contributed by atoms with E-state index < -0.39 is 29.4 Å². The molecule has 0 atom stereocenters. The molecular weight excluding hydrogens is 543 g/mol. The van der Waals surface area contributed by atoms with Gasteiger partial charge in [-0.1, -0.05) is 15.9 Å². The topological polar surface area (TPSA) is 140 Å². The van der Waals surface area contributed by atoms with Crippen LogP contribution in [0.15, 0.2) is 47.1 Å². The van der Waals surface area contributed by atoms with E-state index in [1.807, 2.05) is 6.07 Å². The molecule has 9 nitrogen and oxygen atoms in total. The Bertz CT molecular complexity index is 1560. The summed E-state index contributed by atoms with van der Waals surface area (Å²) in [5, 5.41) is 15.2. The second-order valence-corrected chi connectivity index (χ2v) is 8.57. The minimum Gasteiger partial charge on any atom is -0.364 e. The SMILES string of the molecule is Cc1c(NC(=O)c2cc(C(N)=O)nc3ccc(Br)cc23)c(C(F)(F)F)nn1Cc1ccc(C#N)cn1. The molecule has 0 fully saturated rings. The van der Waals surface area contributed by atoms with Gasteiger partial charge in [0.2, 0.25) is 0 Å². The lowest BCUT2D eigenvalue weighted by atomic mass is 10.1. The van der Waals surface area contributed by atoms with E-state index in [1.165, 1.54) is 31.3 Å². The number of hydrogen-bond donors (Lipinski definition) is 2. The maximum Gasteiger partial charge on any atom is 0.437 e. The van der Waals surface area contributed by atoms with Crippen LogP contribution in [0.2, 0.25) is 0 Å². The second-order valence-electron chi connectivity index (χ2n) is 7.65. The first-order valence-corrected chi connectivity index (χ1v) is 11.0. The lowest BCUT2D eigenvalue weighted by Crippen LogP contribution is -2.19. The number of nitrogens with zero attached hydrogens (tertiary/aromatic N) is 5. The molecule has 2 amide bonds. The third-order valence-electron chi connectivity index (χ3n) is 5.25. The van der Waals surface area contributed by atoms with E-state index in [2.05, 4.69) is 36.3 Å². The molecule has 0 aliphatic rings. The highest BCUT2D eigenvalue weighted by molar-refractivity contribution is 9.10. The van der Waals surface area contributed by atoms with Gasteiger partial charge in [-0.3, -0.25) is 19.3 Å². The Morgan fingerprint density at radius 1 is 1.22 bits per heavy atom. The van der Waals surface area contributed by atoms with E-state index in [-0.39, 0.29) is 29.0 Å². The molecule has 0 aliphatic heterocycles. The third kappa shape index (κ3) is 4.89. The number of benzene rings is 1. The van der Waals surface area contributed by atoms with E-state index in [1.54, 1.807) is 12.1 Å². The maximum absolute atomic E-state index is 13.9. The first kappa shape index (κ1) is 24.8. The minimum atomic E-state index is -4.88. The first-order valence-electron chi connectivity index (χ1n) is 10.2. The standard InChI is InChI=1S/C23H15BrF3N7O2/c1-11-19(20(23(25,26)27)33-34(11)10-14-4-2-12(8-28)9-30-14)32-22(36)16-7-18(21(29)35)31-17-5-3-13(24)6-15(16)17/h2-7,9H,10H2,1H3,(H2,29,35)(H,32,36). The number of fused-ring (bicyclic) bond motifs is 1. The highest BCUT2D eigenvalue weighted by Crippen LogP contribution is 2.36. The Hall–Kier alpha value is -4.31. The van der Waals surface area contributed by atoms with Crippen molar-refractivity contribution in [2.75, 3.05) is 5.32 Å². The molecule has 0 aliphatic carbocycles. The van der Waals surface area contributed by atoms with Gasteiger partial charge in [0.1, 0.15) is 11.8 Å². The molecule has 13 heteroatoms. The number of aromatic nitrogens is 4. The molecule has 4 rings (SSSR count). The number of rotatable bonds is 5. The minimum absolute atomic E-state index is 0.0245. The predicted octanol–water partition coefficient (Wildman–Crippen LogP) is 4.19. The normalized spacial score (nSPS) is 11.3. The van der Waals surface area contributed by atoms with Gasteiger partial charge in [-0.25, -0.2) is 4.98 Å². The molecule has 3 N–H and O–H groups in total. The Morgan fingerprint density at radius 3 is 2.58 bits per heavy atom. The van der Waals surface area contributed by atoms with Gasteiger partial charge in [0.15, 0.2) is 5.69 Å². The van der Waals surface area contributed by atoms with Crippen LogP contribution < -0.4 is 11.1 Å². The van der Waals surface area contributed by atoms with Gasteiger partial charge < -0.3 is 11.1 Å². The zero-order valence-corrected chi connectivity index (χ0v) is 20.0. The van der Waals surface area contributed by atoms with Gasteiger partial charge in [0.25, 0.3) is 11.8 Å². The smallest absolute Gasteiger partial charge is 0.364 e. The van der Waals surface area contributed by atoms with Crippen molar-refractivity contribution in [1.29, 1.82) is 5.26 Å². The number of primary amides is 1. The number of alkyl halides is 3. The van der Waals surface area contributed by atoms with Crippen LogP contribution in [0.1, 0.15) is 43.5 Å². The average Bonchev–Trinajstić information content (AvgIpc) is 3.14. The first-order chi connectivity index (χ1) is 17.0. The molecule has 0 spiro atoms. The van der Waals surface area contributed by atoms with Gasteiger partial charge in [0.05, 0.1) is 40.3 Å². The number of pyridine rings is 2. The lowest BCUT2D eigenvalue weighted by molar-refractivity contribution is -0.140. The van der Waals surface area contributed by atoms with Crippen LogP contribution in [0.4, 0.5) is 18.9 Å². The zero-order valence-electron chi connectivity index (χ0n) is 18.4. The van der Waals surface area contributed by atoms with Crippen LogP contribution in [-0.4, -0.2) is 31.6 Å². The van der Waals surface area contributed by atoms with Crippen LogP contribution in [0.5, 0.6) is 0 Å². The van der Waals surface area contributed by atoms with Gasteiger partial charge >= 0.3 is 6.18 Å². The molecule has 0 saturated heterocycles. The molecule has 0 saturated carbocycles. The maximum atomic E-state index is 13.9. The van der Waals surface area contributed by atoms with Crippen molar-refractivity contribution in [2.24, 2.45) is 5.73 Å². The summed E-state index contributed by atoms with van der Waals surface area (Å²) >= 11 is 3.29. The van der Waals surface area contributed by atoms with Gasteiger partial charge in [0, 0.05) is 16.1 Å². The fraction of sp³-hybridized carbons (Fsp3) is 0.130. The number of halogens is 4. The zero-order chi connectivity index (χ0) is 26.2. The van der Waals surface area contributed by atoms with E-state index in [9.17, 15) is 22.8 Å². The molecule has 182 valence electrons. The van der Waals surface area contributed by atoms with Crippen molar-refractivity contribution in [2.45, 2.75) is 19.6 Å². The summed E-state index contributed by atoms with van der Waals surface area (Å²) in [4.78, 5) is 33.1. The summed E-state index contributed by atoms with van der Waals surface area (Å²) in [5.74, 6) is -1.81. The number of nitrogens with two attached hydrogens (primary N) is 1. The molecule has 0 bridgehead atoms. The lowest BCUT2D eigenvalue weighted by Gasteiger charge is -2.12. The summed E-state index contributed by atoms with van der Waals surface area (Å²) in [6, 6.07) is 10.7. The summed E-state index contributed by atoms with van der Waals surface area (Å²) < 4.78 is 43.2. The molecule has 3 heterocycles. The molecular formula is C23H15BrF3N7O2. The van der Waals surface area contributed by atoms with Crippen molar-refractivity contribution < 1.29 is 22.8 Å². The van der Waals surface area contributed by atoms with Gasteiger partial charge in [-0.15, -0.1) is 0 Å². The van der Waals surface area contributed by atoms with Crippen molar-refractivity contribution in [3.63, 3.8) is 0 Å². The van der Waals surface area contributed by atoms with E-state index in [0.29, 0.717) is 21.1 Å². The number of nitriles is 1. The number of carbonyl (C=O) groups excluding carboxylic acids is 2. The average molecular weight is 558 g/mol. The van der Waals surface area contributed by atoms with Crippen LogP contribution in [0.3, 0.4) is 0 Å². The molecule has 0 unspecified atom stereocenters. The summed E-state index contributed by atoms with van der Waals surface area (Å²) in [5.41, 5.74) is 4.13. The highest BCUT2D eigenvalue weighted by Gasteiger charge is 2.39. The number of hydrogen-bond acceptors (Lipinski definition) is 6. The number of nitrogens with one attached hydrogen (secondary N) is 1. The number of amides is 2. The van der Waals surface area contributed by atoms with Crippen LogP contribution in [0, 0.1) is 18.3 Å². The van der Waals surface area contributed by atoms with Crippen LogP contribution in [-0.2, 0) is 12.7 Å². The second kappa shape index (κ2) is 9.38. The van der Waals surface area contributed by atoms with Crippen LogP contribution in [0.25, 0.3) is 10.9 Å². The largest absolute Gasteiger partial charge is 0.437 e. The van der Waals surface area contributed by atoms with Crippen molar-refractivity contribution in [1.82, 2.24) is 19.7 Å². The Morgan fingerprint density at radius 2 is 1.97 bits per heavy atom. The monoisotopic (exact) mass is 557 g/mol. The van der Waals surface area contributed by atoms with E-state index >= 15 is 0 Å². The number of carbonyl (C=O) groups is 2. The third-order valence-corrected chi connectivity index (χ3v) is 5.74. The summed E-state index contributed by atoms with van der Waals surface area (Å²) in [7, 11) is 0. The molecule has 4 aromatic rings. The Balaban J connectivity index is 1.77. The van der Waals surface area contributed by atoms with Crippen molar-refractivity contribution in [3.05, 3.63) is 81.0 Å². The highest BCUT2D eigenvalue weighted by atomic mass is 79.9. The van der Waals surface area contributed by atoms with E-state index in [0.717, 1.165) is 10.7 Å². The van der Waals surface area contributed by atoms with Gasteiger partial charge in [-0.2, -0.15) is 23.5 Å². The molecule has 3 aromatic heterocycles. The van der Waals surface area contributed by atoms with Crippen molar-refractivity contribution in [3.8, 4) is 6.07 Å². The Labute approximate surface area is 209 Å². The molecule has 0 radical (unpaired) electrons. The van der Waals surface area contributed by atoms with Crippen molar-refractivity contribution >= 4 is 44.3 Å². The fourth-order valence-electron chi connectivity index (χ4n) is 3.48. The summed E-state index contributed by atoms with van der Waals surface area (Å²) in [6.07, 6.45) is -3.58. The molecule has 36 heavy (non-hydrogen) atoms. The fourth-order valence-corrected chi connectivity index (χ4v) is 3.84. The predicted molar refractivity (Wildman–Crippen MR) is 126 cm³/mol. The quantitative estimate of drug-likeness (QED) is 0.377.